The van der Waals surface area contributed by atoms with Crippen molar-refractivity contribution in [2.24, 2.45) is 4.99 Å². The lowest BCUT2D eigenvalue weighted by Gasteiger charge is -2.37. The number of carbonyl (C=O) groups excluding carboxylic acids is 2. The van der Waals surface area contributed by atoms with E-state index in [-0.39, 0.29) is 18.9 Å². The molecule has 2 aromatic carbocycles. The minimum Gasteiger partial charge on any atom is -0.497 e. The number of benzene rings is 2. The van der Waals surface area contributed by atoms with Crippen molar-refractivity contribution < 1.29 is 28.5 Å². The smallest absolute Gasteiger partial charge is 0.338 e. The van der Waals surface area contributed by atoms with Crippen molar-refractivity contribution in [2.75, 3.05) is 60.2 Å². The van der Waals surface area contributed by atoms with Gasteiger partial charge in [-0.25, -0.2) is 9.79 Å². The molecule has 1 fully saturated rings. The largest absolute Gasteiger partial charge is 0.497 e. The molecule has 0 unspecified atom stereocenters. The van der Waals surface area contributed by atoms with Crippen molar-refractivity contribution in [1.82, 2.24) is 15.1 Å². The second-order valence-corrected chi connectivity index (χ2v) is 10.7. The van der Waals surface area contributed by atoms with E-state index in [1.807, 2.05) is 58.8 Å². The summed E-state index contributed by atoms with van der Waals surface area (Å²) in [6, 6.07) is 14.4. The van der Waals surface area contributed by atoms with Crippen LogP contribution in [-0.4, -0.2) is 87.1 Å². The SMILES string of the molecule is CCOC(=O)C1=C(c2ccccc2)N=C2SC=C(CC(=O)NCCN3CCOCC3)N2[C@@H]1c1cc(OC)ccc1OC. The molecule has 5 rings (SSSR count). The molecule has 0 radical (unpaired) electrons. The summed E-state index contributed by atoms with van der Waals surface area (Å²) >= 11 is 1.42. The van der Waals surface area contributed by atoms with Crippen LogP contribution < -0.4 is 14.8 Å². The average Bonchev–Trinajstić information content (AvgIpc) is 3.42. The fourth-order valence-electron chi connectivity index (χ4n) is 5.24. The van der Waals surface area contributed by atoms with Crippen LogP contribution in [0.5, 0.6) is 11.5 Å². The van der Waals surface area contributed by atoms with Crippen LogP contribution in [0, 0.1) is 0 Å². The maximum atomic E-state index is 13.8. The third kappa shape index (κ3) is 6.48. The summed E-state index contributed by atoms with van der Waals surface area (Å²) in [7, 11) is 3.18. The summed E-state index contributed by atoms with van der Waals surface area (Å²) in [5.74, 6) is 0.587. The zero-order valence-electron chi connectivity index (χ0n) is 24.1. The molecule has 0 saturated carbocycles. The van der Waals surface area contributed by atoms with Crippen LogP contribution in [-0.2, 0) is 19.1 Å². The number of hydrogen-bond donors (Lipinski definition) is 1. The highest BCUT2D eigenvalue weighted by Crippen LogP contribution is 2.49. The van der Waals surface area contributed by atoms with E-state index in [0.717, 1.165) is 30.9 Å². The van der Waals surface area contributed by atoms with Crippen molar-refractivity contribution >= 4 is 34.5 Å². The fraction of sp³-hybridized carbons (Fsp3) is 0.387. The number of aliphatic imine (C=N–C) groups is 1. The minimum atomic E-state index is -0.681. The molecule has 0 spiro atoms. The first-order chi connectivity index (χ1) is 20.5. The third-order valence-electron chi connectivity index (χ3n) is 7.28. The Morgan fingerprint density at radius 2 is 1.88 bits per heavy atom. The molecule has 10 nitrogen and oxygen atoms in total. The van der Waals surface area contributed by atoms with Gasteiger partial charge in [0.15, 0.2) is 5.17 Å². The molecular weight excluding hydrogens is 556 g/mol. The summed E-state index contributed by atoms with van der Waals surface area (Å²) < 4.78 is 22.4. The van der Waals surface area contributed by atoms with E-state index in [1.54, 1.807) is 21.1 Å². The van der Waals surface area contributed by atoms with E-state index in [0.29, 0.717) is 53.3 Å². The molecule has 0 aliphatic carbocycles. The molecule has 3 aliphatic heterocycles. The zero-order valence-corrected chi connectivity index (χ0v) is 24.9. The molecule has 11 heteroatoms. The molecule has 0 aromatic heterocycles. The van der Waals surface area contributed by atoms with E-state index in [1.165, 1.54) is 11.8 Å². The number of esters is 1. The number of fused-ring (bicyclic) bond motifs is 1. The summed E-state index contributed by atoms with van der Waals surface area (Å²) in [5, 5.41) is 5.64. The number of rotatable bonds is 11. The number of carbonyl (C=O) groups is 2. The number of hydrogen-bond acceptors (Lipinski definition) is 10. The maximum Gasteiger partial charge on any atom is 0.338 e. The van der Waals surface area contributed by atoms with Crippen LogP contribution in [0.3, 0.4) is 0 Å². The second-order valence-electron chi connectivity index (χ2n) is 9.83. The number of ether oxygens (including phenoxy) is 4. The van der Waals surface area contributed by atoms with Crippen LogP contribution in [0.25, 0.3) is 5.70 Å². The van der Waals surface area contributed by atoms with Gasteiger partial charge in [0.25, 0.3) is 0 Å². The molecule has 3 aliphatic rings. The normalized spacial score (nSPS) is 18.6. The Bertz CT molecular complexity index is 1390. The number of amides is 1. The number of methoxy groups -OCH3 is 2. The van der Waals surface area contributed by atoms with Gasteiger partial charge in [0.05, 0.1) is 57.8 Å². The molecule has 1 saturated heterocycles. The third-order valence-corrected chi connectivity index (χ3v) is 8.17. The Kier molecular flexibility index (Phi) is 9.83. The molecule has 1 amide bonds. The summed E-state index contributed by atoms with van der Waals surface area (Å²) in [6.07, 6.45) is 0.120. The van der Waals surface area contributed by atoms with Crippen LogP contribution in [0.1, 0.15) is 30.5 Å². The summed E-state index contributed by atoms with van der Waals surface area (Å²) in [6.45, 7) is 6.43. The average molecular weight is 593 g/mol. The van der Waals surface area contributed by atoms with Gasteiger partial charge in [0, 0.05) is 43.0 Å². The number of morpholine rings is 1. The molecule has 0 bridgehead atoms. The lowest BCUT2D eigenvalue weighted by Crippen LogP contribution is -2.42. The standard InChI is InChI=1S/C31H36N4O6S/c1-4-41-30(37)27-28(21-8-6-5-7-9-21)33-31-35(29(27)24-19-23(38-2)10-11-25(24)39-3)22(20-42-31)18-26(36)32-12-13-34-14-16-40-17-15-34/h5-11,19-20,29H,4,12-18H2,1-3H3,(H,32,36)/t29-/m1/s1. The molecular formula is C31H36N4O6S. The Morgan fingerprint density at radius 1 is 1.10 bits per heavy atom. The Balaban J connectivity index is 1.52. The van der Waals surface area contributed by atoms with Crippen LogP contribution in [0.4, 0.5) is 0 Å². The van der Waals surface area contributed by atoms with Gasteiger partial charge in [0.2, 0.25) is 5.91 Å². The van der Waals surface area contributed by atoms with Gasteiger partial charge in [-0.2, -0.15) is 0 Å². The van der Waals surface area contributed by atoms with Gasteiger partial charge in [-0.05, 0) is 30.5 Å². The van der Waals surface area contributed by atoms with Gasteiger partial charge in [-0.15, -0.1) is 0 Å². The van der Waals surface area contributed by atoms with Gasteiger partial charge < -0.3 is 29.2 Å². The first-order valence-electron chi connectivity index (χ1n) is 14.0. The number of nitrogens with one attached hydrogen (secondary N) is 1. The van der Waals surface area contributed by atoms with Crippen molar-refractivity contribution in [3.63, 3.8) is 0 Å². The van der Waals surface area contributed by atoms with Crippen LogP contribution in [0.2, 0.25) is 0 Å². The first kappa shape index (κ1) is 29.7. The van der Waals surface area contributed by atoms with Gasteiger partial charge in [-0.1, -0.05) is 42.1 Å². The predicted octanol–water partition coefficient (Wildman–Crippen LogP) is 3.82. The minimum absolute atomic E-state index is 0.108. The van der Waals surface area contributed by atoms with E-state index < -0.39 is 12.0 Å². The van der Waals surface area contributed by atoms with Crippen molar-refractivity contribution in [1.29, 1.82) is 0 Å². The summed E-state index contributed by atoms with van der Waals surface area (Å²) in [4.78, 5) is 36.1. The second kappa shape index (κ2) is 13.9. The number of amidine groups is 1. The Morgan fingerprint density at radius 3 is 2.60 bits per heavy atom. The highest BCUT2D eigenvalue weighted by Gasteiger charge is 2.43. The Labute approximate surface area is 250 Å². The fourth-order valence-corrected chi connectivity index (χ4v) is 6.16. The zero-order chi connectivity index (χ0) is 29.5. The molecule has 222 valence electrons. The highest BCUT2D eigenvalue weighted by atomic mass is 32.2. The lowest BCUT2D eigenvalue weighted by atomic mass is 9.90. The maximum absolute atomic E-state index is 13.8. The van der Waals surface area contributed by atoms with E-state index >= 15 is 0 Å². The molecule has 1 atom stereocenters. The topological polar surface area (TPSA) is 102 Å². The number of thioether (sulfide) groups is 1. The predicted molar refractivity (Wildman–Crippen MR) is 162 cm³/mol. The van der Waals surface area contributed by atoms with Crippen molar-refractivity contribution in [2.45, 2.75) is 19.4 Å². The van der Waals surface area contributed by atoms with Gasteiger partial charge >= 0.3 is 5.97 Å². The lowest BCUT2D eigenvalue weighted by molar-refractivity contribution is -0.139. The molecule has 1 N–H and O–H groups in total. The summed E-state index contributed by atoms with van der Waals surface area (Å²) in [5.41, 5.74) is 3.09. The van der Waals surface area contributed by atoms with Crippen LogP contribution >= 0.6 is 11.8 Å². The Hall–Kier alpha value is -3.80. The van der Waals surface area contributed by atoms with Gasteiger partial charge in [0.1, 0.15) is 11.5 Å². The monoisotopic (exact) mass is 592 g/mol. The highest BCUT2D eigenvalue weighted by molar-refractivity contribution is 8.16. The molecule has 3 heterocycles. The van der Waals surface area contributed by atoms with Crippen molar-refractivity contribution in [3.8, 4) is 11.5 Å². The van der Waals surface area contributed by atoms with Crippen molar-refractivity contribution in [3.05, 3.63) is 76.3 Å². The first-order valence-corrected chi connectivity index (χ1v) is 14.9. The van der Waals surface area contributed by atoms with E-state index in [2.05, 4.69) is 10.2 Å². The number of nitrogens with zero attached hydrogens (tertiary/aromatic N) is 3. The quantitative estimate of drug-likeness (QED) is 0.390. The van der Waals surface area contributed by atoms with E-state index in [9.17, 15) is 9.59 Å². The molecule has 42 heavy (non-hydrogen) atoms. The van der Waals surface area contributed by atoms with Crippen LogP contribution in [0.15, 0.2) is 70.2 Å². The van der Waals surface area contributed by atoms with E-state index in [4.69, 9.17) is 23.9 Å². The van der Waals surface area contributed by atoms with Gasteiger partial charge in [-0.3, -0.25) is 9.69 Å². The molecule has 2 aromatic rings.